The largest absolute Gasteiger partial charge is 0.345 e. The summed E-state index contributed by atoms with van der Waals surface area (Å²) in [6.07, 6.45) is 4.44. The summed E-state index contributed by atoms with van der Waals surface area (Å²) in [5, 5.41) is 25.3. The van der Waals surface area contributed by atoms with Gasteiger partial charge >= 0.3 is 0 Å². The van der Waals surface area contributed by atoms with Gasteiger partial charge < -0.3 is 19.6 Å². The molecule has 0 fully saturated rings. The number of fused-ring (bicyclic) bond motifs is 9. The Balaban J connectivity index is 1.02. The molecule has 0 atom stereocenters. The molecule has 2 heterocycles. The number of hydrogen-bond acceptors (Lipinski definition) is 4. The minimum absolute atomic E-state index is 1.11. The van der Waals surface area contributed by atoms with Gasteiger partial charge in [-0.1, -0.05) is 188 Å². The van der Waals surface area contributed by atoms with Crippen LogP contribution in [0.3, 0.4) is 0 Å². The molecule has 18 rings (SSSR count). The molecule has 0 saturated heterocycles. The van der Waals surface area contributed by atoms with E-state index in [1.165, 1.54) is 141 Å². The second kappa shape index (κ2) is 17.4. The van der Waals surface area contributed by atoms with Crippen LogP contribution in [0.15, 0.2) is 266 Å². The number of allylic oxidation sites excluding steroid dienone is 3. The quantitative estimate of drug-likeness (QED) is 0.126. The second-order valence-corrected chi connectivity index (χ2v) is 23.1. The lowest BCUT2D eigenvalue weighted by molar-refractivity contribution is 0.993. The van der Waals surface area contributed by atoms with Crippen LogP contribution in [0, 0.1) is 0 Å². The summed E-state index contributed by atoms with van der Waals surface area (Å²) in [6.45, 7) is 4.37. The highest BCUT2D eigenvalue weighted by Crippen LogP contribution is 2.56. The fourth-order valence-electron chi connectivity index (χ4n) is 15.4. The number of hydrogen-bond donors (Lipinski definition) is 0. The van der Waals surface area contributed by atoms with Gasteiger partial charge in [-0.25, -0.2) is 0 Å². The van der Waals surface area contributed by atoms with Crippen molar-refractivity contribution in [3.05, 3.63) is 266 Å². The topological polar surface area (TPSA) is 13.0 Å². The average molecular weight is 1070 g/mol. The van der Waals surface area contributed by atoms with Gasteiger partial charge in [0.05, 0.1) is 39.8 Å². The highest BCUT2D eigenvalue weighted by molar-refractivity contribution is 6.38. The van der Waals surface area contributed by atoms with Crippen LogP contribution in [0.5, 0.6) is 0 Å². The van der Waals surface area contributed by atoms with Gasteiger partial charge in [0.2, 0.25) is 0 Å². The van der Waals surface area contributed by atoms with Gasteiger partial charge in [0.1, 0.15) is 0 Å². The zero-order chi connectivity index (χ0) is 55.6. The molecule has 0 amide bonds. The summed E-state index contributed by atoms with van der Waals surface area (Å²) < 4.78 is 0. The van der Waals surface area contributed by atoms with Gasteiger partial charge in [-0.15, -0.1) is 0 Å². The highest BCUT2D eigenvalue weighted by Gasteiger charge is 2.31. The average Bonchev–Trinajstić information content (AvgIpc) is 0.882. The fraction of sp³-hybridized carbons (Fsp3) is 0.0500. The van der Waals surface area contributed by atoms with Gasteiger partial charge in [-0.3, -0.25) is 0 Å². The third kappa shape index (κ3) is 6.26. The molecule has 2 aliphatic rings. The number of anilines is 8. The maximum atomic E-state index is 2.51. The van der Waals surface area contributed by atoms with Gasteiger partial charge in [0.25, 0.3) is 0 Å². The van der Waals surface area contributed by atoms with E-state index in [2.05, 4.69) is 302 Å². The zero-order valence-electron chi connectivity index (χ0n) is 47.0. The first-order valence-corrected chi connectivity index (χ1v) is 29.3. The Labute approximate surface area is 486 Å². The first-order chi connectivity index (χ1) is 41.4. The fourth-order valence-corrected chi connectivity index (χ4v) is 15.4. The molecule has 16 aromatic carbocycles. The zero-order valence-corrected chi connectivity index (χ0v) is 47.0. The molecule has 0 aromatic heterocycles. The molecule has 394 valence electrons. The van der Waals surface area contributed by atoms with Crippen molar-refractivity contribution < 1.29 is 0 Å². The highest BCUT2D eigenvalue weighted by atomic mass is 15.3. The smallest absolute Gasteiger partial charge is 0.0699 e. The van der Waals surface area contributed by atoms with Crippen LogP contribution < -0.4 is 19.6 Å². The number of rotatable bonds is 5. The maximum Gasteiger partial charge on any atom is 0.0699 e. The molecule has 84 heavy (non-hydrogen) atoms. The normalized spacial score (nSPS) is 13.8. The predicted octanol–water partition coefficient (Wildman–Crippen LogP) is 22.4. The molecule has 0 aliphatic carbocycles. The molecular weight excluding hydrogens is 1020 g/mol. The van der Waals surface area contributed by atoms with Crippen LogP contribution in [0.1, 0.15) is 13.8 Å². The maximum absolute atomic E-state index is 2.51. The van der Waals surface area contributed by atoms with E-state index in [0.29, 0.717) is 0 Å². The third-order valence-corrected chi connectivity index (χ3v) is 19.1. The summed E-state index contributed by atoms with van der Waals surface area (Å²) in [5.41, 5.74) is 16.3. The van der Waals surface area contributed by atoms with Crippen molar-refractivity contribution >= 4 is 153 Å². The van der Waals surface area contributed by atoms with Crippen molar-refractivity contribution in [2.75, 3.05) is 33.7 Å². The lowest BCUT2D eigenvalue weighted by Crippen LogP contribution is -2.30. The van der Waals surface area contributed by atoms with E-state index >= 15 is 0 Å². The van der Waals surface area contributed by atoms with Crippen molar-refractivity contribution in [2.24, 2.45) is 0 Å². The Morgan fingerprint density at radius 2 is 0.631 bits per heavy atom. The molecule has 2 aliphatic heterocycles. The van der Waals surface area contributed by atoms with Crippen LogP contribution in [0.4, 0.5) is 45.5 Å². The molecule has 4 heteroatoms. The SMILES string of the molecule is C/C=C\C1=C(C)N(C)c2ccccc2N1c1ccc2c(-c3ccc4c5cccc6cccc(c7cccc3c74)c65)c3cc(N4c5ccccc5N(C)c5ccccc54)ccc3c(-c3ccc4c5cccc6cccc(c7cccc3c74)c65)c2c1. The first kappa shape index (κ1) is 47.0. The molecule has 0 spiro atoms. The first-order valence-electron chi connectivity index (χ1n) is 29.3. The molecule has 0 radical (unpaired) electrons. The number of nitrogens with zero attached hydrogens (tertiary/aromatic N) is 4. The van der Waals surface area contributed by atoms with Crippen molar-refractivity contribution in [3.63, 3.8) is 0 Å². The predicted molar refractivity (Wildman–Crippen MR) is 362 cm³/mol. The Morgan fingerprint density at radius 1 is 0.286 bits per heavy atom. The van der Waals surface area contributed by atoms with E-state index in [9.17, 15) is 0 Å². The van der Waals surface area contributed by atoms with Crippen LogP contribution in [0.2, 0.25) is 0 Å². The van der Waals surface area contributed by atoms with Crippen LogP contribution in [-0.4, -0.2) is 14.1 Å². The van der Waals surface area contributed by atoms with Gasteiger partial charge in [0, 0.05) is 31.2 Å². The number of para-hydroxylation sites is 6. The Morgan fingerprint density at radius 3 is 1.07 bits per heavy atom. The number of benzene rings is 16. The minimum Gasteiger partial charge on any atom is -0.345 e. The van der Waals surface area contributed by atoms with E-state index in [0.717, 1.165) is 45.5 Å². The molecule has 0 unspecified atom stereocenters. The molecule has 0 saturated carbocycles. The van der Waals surface area contributed by atoms with Crippen LogP contribution in [-0.2, 0) is 0 Å². The van der Waals surface area contributed by atoms with Crippen LogP contribution >= 0.6 is 0 Å². The summed E-state index contributed by atoms with van der Waals surface area (Å²) in [6, 6.07) is 92.2. The van der Waals surface area contributed by atoms with E-state index in [-0.39, 0.29) is 0 Å². The van der Waals surface area contributed by atoms with E-state index in [1.807, 2.05) is 0 Å². The van der Waals surface area contributed by atoms with Crippen molar-refractivity contribution in [2.45, 2.75) is 13.8 Å². The van der Waals surface area contributed by atoms with Crippen molar-refractivity contribution in [1.29, 1.82) is 0 Å². The monoisotopic (exact) mass is 1070 g/mol. The molecule has 4 nitrogen and oxygen atoms in total. The lowest BCUT2D eigenvalue weighted by atomic mass is 9.81. The van der Waals surface area contributed by atoms with E-state index < -0.39 is 0 Å². The van der Waals surface area contributed by atoms with E-state index in [4.69, 9.17) is 0 Å². The van der Waals surface area contributed by atoms with Gasteiger partial charge in [-0.05, 0) is 211 Å². The Hall–Kier alpha value is -10.7. The lowest BCUT2D eigenvalue weighted by Gasteiger charge is -2.39. The van der Waals surface area contributed by atoms with Crippen molar-refractivity contribution in [3.8, 4) is 22.3 Å². The van der Waals surface area contributed by atoms with Crippen LogP contribution in [0.25, 0.3) is 130 Å². The summed E-state index contributed by atoms with van der Waals surface area (Å²) in [7, 11) is 4.38. The summed E-state index contributed by atoms with van der Waals surface area (Å²) in [4.78, 5) is 9.63. The third-order valence-electron chi connectivity index (χ3n) is 19.1. The minimum atomic E-state index is 1.11. The molecule has 0 N–H and O–H groups in total. The molecular formula is C80H54N4. The second-order valence-electron chi connectivity index (χ2n) is 23.1. The Bertz CT molecular complexity index is 5440. The molecule has 16 aromatic rings. The van der Waals surface area contributed by atoms with Gasteiger partial charge in [-0.2, -0.15) is 0 Å². The van der Waals surface area contributed by atoms with Gasteiger partial charge in [0.15, 0.2) is 0 Å². The van der Waals surface area contributed by atoms with Crippen molar-refractivity contribution in [1.82, 2.24) is 0 Å². The molecule has 0 bridgehead atoms. The summed E-state index contributed by atoms with van der Waals surface area (Å²) >= 11 is 0. The standard InChI is InChI=1S/C80H54N4/c1-5-18-68-47(2)81(3)69-31-6-9-34-72(69)83(68)50-37-39-64-66(45-50)79(62-43-41-60-54-25-14-21-48-19-12-23-52(75(48)54)56-27-16-29-58(62)77(56)60)65-40-38-51(84-73-35-10-7-32-70(73)82(4)71-33-8-11-36-74(71)84)46-67(65)80(64)63-44-42-61-55-26-15-22-49-20-13-24-53(76(49)55)57-28-17-30-59(63)78(57)61/h5-46H,1-4H3/b18-5-. The summed E-state index contributed by atoms with van der Waals surface area (Å²) in [5.74, 6) is 0. The Kier molecular flexibility index (Phi) is 9.75. The van der Waals surface area contributed by atoms with E-state index in [1.54, 1.807) is 0 Å².